The predicted molar refractivity (Wildman–Crippen MR) is 119 cm³/mol. The van der Waals surface area contributed by atoms with Gasteiger partial charge in [-0.2, -0.15) is 0 Å². The molecule has 0 fully saturated rings. The number of ether oxygens (including phenoxy) is 3. The Morgan fingerprint density at radius 1 is 0.941 bits per heavy atom. The molecule has 0 saturated carbocycles. The van der Waals surface area contributed by atoms with Gasteiger partial charge in [0.2, 0.25) is 5.91 Å². The minimum atomic E-state index is -0.766. The summed E-state index contributed by atoms with van der Waals surface area (Å²) < 4.78 is 14.4. The van der Waals surface area contributed by atoms with Gasteiger partial charge in [0, 0.05) is 30.7 Å². The van der Waals surface area contributed by atoms with E-state index in [2.05, 4.69) is 15.4 Å². The second kappa shape index (κ2) is 12.5. The number of nitrogens with zero attached hydrogens (tertiary/aromatic N) is 1. The van der Waals surface area contributed by atoms with Gasteiger partial charge in [-0.25, -0.2) is 4.79 Å². The Bertz CT molecular complexity index is 1070. The highest BCUT2D eigenvalue weighted by Crippen LogP contribution is 2.28. The Hall–Kier alpha value is -4.48. The van der Waals surface area contributed by atoms with E-state index in [0.29, 0.717) is 17.0 Å². The van der Waals surface area contributed by atoms with E-state index >= 15 is 0 Å². The van der Waals surface area contributed by atoms with Crippen LogP contribution in [0.3, 0.4) is 0 Å². The van der Waals surface area contributed by atoms with E-state index in [1.165, 1.54) is 44.6 Å². The number of amides is 2. The van der Waals surface area contributed by atoms with Crippen molar-refractivity contribution in [2.75, 3.05) is 31.5 Å². The summed E-state index contributed by atoms with van der Waals surface area (Å²) in [5.41, 5.74) is 0.380. The Kier molecular flexibility index (Phi) is 9.50. The van der Waals surface area contributed by atoms with Crippen LogP contribution < -0.4 is 15.4 Å². The Balaban J connectivity index is 1.73. The summed E-state index contributed by atoms with van der Waals surface area (Å²) in [5.74, 6) is -2.01. The molecule has 12 nitrogen and oxygen atoms in total. The zero-order valence-corrected chi connectivity index (χ0v) is 18.5. The minimum Gasteiger partial charge on any atom is -0.497 e. The first-order valence-corrected chi connectivity index (χ1v) is 9.99. The third-order valence-electron chi connectivity index (χ3n) is 4.41. The van der Waals surface area contributed by atoms with Crippen molar-refractivity contribution in [2.24, 2.45) is 0 Å². The maximum atomic E-state index is 12.0. The van der Waals surface area contributed by atoms with Crippen molar-refractivity contribution in [1.29, 1.82) is 0 Å². The van der Waals surface area contributed by atoms with Crippen LogP contribution in [0.5, 0.6) is 5.75 Å². The van der Waals surface area contributed by atoms with Gasteiger partial charge in [0.05, 0.1) is 24.7 Å². The molecule has 0 atom stereocenters. The highest BCUT2D eigenvalue weighted by atomic mass is 16.6. The molecular formula is C22H23N3O9. The smallest absolute Gasteiger partial charge is 0.337 e. The number of anilines is 2. The first kappa shape index (κ1) is 25.8. The van der Waals surface area contributed by atoms with Crippen molar-refractivity contribution in [1.82, 2.24) is 0 Å². The number of nitro benzene ring substituents is 1. The summed E-state index contributed by atoms with van der Waals surface area (Å²) in [6, 6.07) is 9.93. The molecule has 2 aromatic rings. The normalized spacial score (nSPS) is 10.1. The summed E-state index contributed by atoms with van der Waals surface area (Å²) in [5, 5.41) is 16.0. The molecule has 0 aliphatic heterocycles. The fraction of sp³-hybridized carbons (Fsp3) is 0.273. The van der Waals surface area contributed by atoms with Gasteiger partial charge in [-0.1, -0.05) is 0 Å². The second-order valence-corrected chi connectivity index (χ2v) is 6.82. The monoisotopic (exact) mass is 473 g/mol. The number of methoxy groups -OCH3 is 2. The largest absolute Gasteiger partial charge is 0.497 e. The number of nitro groups is 1. The van der Waals surface area contributed by atoms with E-state index in [1.54, 1.807) is 12.1 Å². The molecule has 0 saturated heterocycles. The molecule has 0 bridgehead atoms. The number of rotatable bonds is 11. The second-order valence-electron chi connectivity index (χ2n) is 6.82. The molecule has 34 heavy (non-hydrogen) atoms. The van der Waals surface area contributed by atoms with Crippen LogP contribution >= 0.6 is 0 Å². The Labute approximate surface area is 194 Å². The van der Waals surface area contributed by atoms with Gasteiger partial charge in [0.15, 0.2) is 6.61 Å². The van der Waals surface area contributed by atoms with Crippen LogP contribution in [-0.4, -0.2) is 49.5 Å². The van der Waals surface area contributed by atoms with E-state index in [1.807, 2.05) is 0 Å². The first-order valence-electron chi connectivity index (χ1n) is 9.99. The highest BCUT2D eigenvalue weighted by molar-refractivity contribution is 5.95. The Morgan fingerprint density at radius 2 is 1.65 bits per heavy atom. The average Bonchev–Trinajstić information content (AvgIpc) is 2.82. The lowest BCUT2D eigenvalue weighted by molar-refractivity contribution is -0.383. The van der Waals surface area contributed by atoms with Crippen LogP contribution in [0.2, 0.25) is 0 Å². The zero-order chi connectivity index (χ0) is 25.1. The molecular weight excluding hydrogens is 450 g/mol. The molecule has 180 valence electrons. The maximum Gasteiger partial charge on any atom is 0.337 e. The van der Waals surface area contributed by atoms with Crippen LogP contribution in [0, 0.1) is 10.1 Å². The van der Waals surface area contributed by atoms with Crippen molar-refractivity contribution in [2.45, 2.75) is 19.3 Å². The lowest BCUT2D eigenvalue weighted by Gasteiger charge is -2.09. The molecule has 0 aliphatic carbocycles. The lowest BCUT2D eigenvalue weighted by atomic mass is 10.2. The van der Waals surface area contributed by atoms with Gasteiger partial charge in [0.25, 0.3) is 11.6 Å². The molecule has 0 aromatic heterocycles. The Morgan fingerprint density at radius 3 is 2.26 bits per heavy atom. The SMILES string of the molecule is COC(=O)c1ccc(NC(=O)CCCC(=O)OCC(=O)Nc2cc(OC)ccc2[N+](=O)[O-])cc1. The van der Waals surface area contributed by atoms with Crippen molar-refractivity contribution in [3.05, 3.63) is 58.1 Å². The van der Waals surface area contributed by atoms with Crippen LogP contribution in [0.1, 0.15) is 29.6 Å². The first-order chi connectivity index (χ1) is 16.2. The molecule has 0 aliphatic rings. The number of hydrogen-bond donors (Lipinski definition) is 2. The summed E-state index contributed by atoms with van der Waals surface area (Å²) in [7, 11) is 2.64. The standard InChI is InChI=1S/C22H23N3O9/c1-32-16-10-11-18(25(30)31)17(12-16)24-20(27)13-34-21(28)5-3-4-19(26)23-15-8-6-14(7-9-15)22(29)33-2/h6-12H,3-5,13H2,1-2H3,(H,23,26)(H,24,27). The molecule has 12 heteroatoms. The number of esters is 2. The van der Waals surface area contributed by atoms with Crippen molar-refractivity contribution < 1.29 is 38.3 Å². The van der Waals surface area contributed by atoms with Gasteiger partial charge < -0.3 is 24.8 Å². The lowest BCUT2D eigenvalue weighted by Crippen LogP contribution is -2.21. The molecule has 0 radical (unpaired) electrons. The number of hydrogen-bond acceptors (Lipinski definition) is 9. The molecule has 2 amide bonds. The average molecular weight is 473 g/mol. The van der Waals surface area contributed by atoms with Crippen molar-refractivity contribution in [3.8, 4) is 5.75 Å². The molecule has 2 N–H and O–H groups in total. The summed E-state index contributed by atoms with van der Waals surface area (Å²) >= 11 is 0. The van der Waals surface area contributed by atoms with Gasteiger partial charge in [-0.05, 0) is 36.8 Å². The quantitative estimate of drug-likeness (QED) is 0.284. The summed E-state index contributed by atoms with van der Waals surface area (Å²) in [6.07, 6.45) is 0.0885. The summed E-state index contributed by atoms with van der Waals surface area (Å²) in [6.45, 7) is -0.647. The fourth-order valence-electron chi connectivity index (χ4n) is 2.73. The molecule has 0 unspecified atom stereocenters. The van der Waals surface area contributed by atoms with Crippen LogP contribution in [0.25, 0.3) is 0 Å². The summed E-state index contributed by atoms with van der Waals surface area (Å²) in [4.78, 5) is 57.7. The third kappa shape index (κ3) is 7.89. The molecule has 2 aromatic carbocycles. The highest BCUT2D eigenvalue weighted by Gasteiger charge is 2.18. The fourth-order valence-corrected chi connectivity index (χ4v) is 2.73. The van der Waals surface area contributed by atoms with Crippen molar-refractivity contribution in [3.63, 3.8) is 0 Å². The third-order valence-corrected chi connectivity index (χ3v) is 4.41. The molecule has 0 spiro atoms. The van der Waals surface area contributed by atoms with Gasteiger partial charge in [-0.15, -0.1) is 0 Å². The van der Waals surface area contributed by atoms with E-state index < -0.39 is 29.4 Å². The van der Waals surface area contributed by atoms with E-state index in [0.717, 1.165) is 0 Å². The topological polar surface area (TPSA) is 163 Å². The van der Waals surface area contributed by atoms with Crippen LogP contribution in [0.4, 0.5) is 17.1 Å². The van der Waals surface area contributed by atoms with Crippen LogP contribution in [-0.2, 0) is 23.9 Å². The van der Waals surface area contributed by atoms with Gasteiger partial charge >= 0.3 is 11.9 Å². The van der Waals surface area contributed by atoms with Gasteiger partial charge in [0.1, 0.15) is 11.4 Å². The number of benzene rings is 2. The number of carbonyl (C=O) groups excluding carboxylic acids is 4. The molecule has 2 rings (SSSR count). The zero-order valence-electron chi connectivity index (χ0n) is 18.5. The van der Waals surface area contributed by atoms with E-state index in [9.17, 15) is 29.3 Å². The predicted octanol–water partition coefficient (Wildman–Crippen LogP) is 2.68. The number of carbonyl (C=O) groups is 4. The van der Waals surface area contributed by atoms with Crippen molar-refractivity contribution >= 4 is 40.8 Å². The van der Waals surface area contributed by atoms with Crippen LogP contribution in [0.15, 0.2) is 42.5 Å². The number of nitrogens with one attached hydrogen (secondary N) is 2. The van der Waals surface area contributed by atoms with Gasteiger partial charge in [-0.3, -0.25) is 24.5 Å². The van der Waals surface area contributed by atoms with E-state index in [4.69, 9.17) is 9.47 Å². The van der Waals surface area contributed by atoms with E-state index in [-0.39, 0.29) is 36.5 Å². The minimum absolute atomic E-state index is 0.0239. The maximum absolute atomic E-state index is 12.0. The molecule has 0 heterocycles.